The lowest BCUT2D eigenvalue weighted by atomic mass is 9.98. The summed E-state index contributed by atoms with van der Waals surface area (Å²) in [6.45, 7) is 0.413. The molecule has 0 saturated heterocycles. The molecule has 0 unspecified atom stereocenters. The van der Waals surface area contributed by atoms with Crippen molar-refractivity contribution in [3.05, 3.63) is 92.8 Å². The van der Waals surface area contributed by atoms with Crippen molar-refractivity contribution in [3.8, 4) is 11.5 Å². The van der Waals surface area contributed by atoms with Crippen LogP contribution in [0.1, 0.15) is 40.1 Å². The van der Waals surface area contributed by atoms with Crippen LogP contribution in [0.5, 0.6) is 11.5 Å². The minimum Gasteiger partial charge on any atom is -0.507 e. The number of hydrogen-bond acceptors (Lipinski definition) is 5. The van der Waals surface area contributed by atoms with Crippen LogP contribution in [-0.2, 0) is 17.8 Å². The van der Waals surface area contributed by atoms with Gasteiger partial charge in [-0.15, -0.1) is 0 Å². The van der Waals surface area contributed by atoms with Gasteiger partial charge in [-0.1, -0.05) is 30.3 Å². The van der Waals surface area contributed by atoms with E-state index in [0.717, 1.165) is 5.56 Å². The highest BCUT2D eigenvalue weighted by Gasteiger charge is 2.23. The summed E-state index contributed by atoms with van der Waals surface area (Å²) in [7, 11) is 0. The van der Waals surface area contributed by atoms with Crippen molar-refractivity contribution in [2.24, 2.45) is 5.73 Å². The van der Waals surface area contributed by atoms with Gasteiger partial charge in [0.25, 0.3) is 0 Å². The summed E-state index contributed by atoms with van der Waals surface area (Å²) in [5, 5.41) is 10.5. The number of phenolic OH excluding ortho intramolecular Hbond substituents is 1. The average Bonchev–Trinajstić information content (AvgIpc) is 3.16. The fourth-order valence-corrected chi connectivity index (χ4v) is 4.11. The molecule has 6 nitrogen and oxygen atoms in total. The third-order valence-electron chi connectivity index (χ3n) is 5.25. The lowest BCUT2D eigenvalue weighted by molar-refractivity contribution is -0.118. The molecule has 1 aromatic heterocycles. The Morgan fingerprint density at radius 1 is 1.03 bits per heavy atom. The van der Waals surface area contributed by atoms with E-state index in [2.05, 4.69) is 0 Å². The second-order valence-corrected chi connectivity index (χ2v) is 8.81. The molecular formula is C26H22INO5. The van der Waals surface area contributed by atoms with Crippen LogP contribution in [0.15, 0.2) is 71.1 Å². The molecule has 168 valence electrons. The van der Waals surface area contributed by atoms with E-state index < -0.39 is 5.91 Å². The number of nitrogens with two attached hydrogens (primary N) is 1. The van der Waals surface area contributed by atoms with E-state index >= 15 is 0 Å². The van der Waals surface area contributed by atoms with E-state index in [4.69, 9.17) is 14.9 Å². The summed E-state index contributed by atoms with van der Waals surface area (Å²) in [6.07, 6.45) is 1.07. The molecule has 33 heavy (non-hydrogen) atoms. The molecule has 4 aromatic rings. The lowest BCUT2D eigenvalue weighted by Crippen LogP contribution is -2.10. The van der Waals surface area contributed by atoms with E-state index in [1.807, 2.05) is 65.1 Å². The minimum atomic E-state index is -0.399. The van der Waals surface area contributed by atoms with Crippen LogP contribution < -0.4 is 10.5 Å². The van der Waals surface area contributed by atoms with Gasteiger partial charge in [0.2, 0.25) is 5.91 Å². The van der Waals surface area contributed by atoms with Crippen molar-refractivity contribution < 1.29 is 23.8 Å². The maximum atomic E-state index is 13.4. The number of phenols is 1. The molecule has 0 saturated carbocycles. The van der Waals surface area contributed by atoms with Crippen molar-refractivity contribution in [2.45, 2.75) is 25.9 Å². The Kier molecular flexibility index (Phi) is 6.98. The number of aryl methyl sites for hydroxylation is 1. The Balaban J connectivity index is 1.68. The van der Waals surface area contributed by atoms with E-state index in [9.17, 15) is 14.7 Å². The van der Waals surface area contributed by atoms with Crippen molar-refractivity contribution in [1.82, 2.24) is 0 Å². The Morgan fingerprint density at radius 2 is 1.82 bits per heavy atom. The van der Waals surface area contributed by atoms with Crippen LogP contribution in [0, 0.1) is 3.57 Å². The fourth-order valence-electron chi connectivity index (χ4n) is 3.60. The zero-order valence-electron chi connectivity index (χ0n) is 17.7. The number of primary amides is 1. The number of ether oxygens (including phenoxy) is 1. The first kappa shape index (κ1) is 22.8. The molecule has 0 radical (unpaired) electrons. The van der Waals surface area contributed by atoms with Gasteiger partial charge >= 0.3 is 0 Å². The number of ketones is 1. The maximum Gasteiger partial charge on any atom is 0.217 e. The highest BCUT2D eigenvalue weighted by molar-refractivity contribution is 14.1. The number of benzene rings is 3. The molecule has 0 bridgehead atoms. The van der Waals surface area contributed by atoms with Crippen LogP contribution in [0.25, 0.3) is 11.0 Å². The summed E-state index contributed by atoms with van der Waals surface area (Å²) in [4.78, 5) is 24.6. The SMILES string of the molecule is NC(=O)CCCc1oc2cc(OCc3ccccc3)ccc2c1C(=O)c1ccc(O)c(I)c1. The average molecular weight is 555 g/mol. The van der Waals surface area contributed by atoms with Gasteiger partial charge in [-0.25, -0.2) is 0 Å². The zero-order chi connectivity index (χ0) is 23.4. The summed E-state index contributed by atoms with van der Waals surface area (Å²) < 4.78 is 12.5. The first-order chi connectivity index (χ1) is 15.9. The number of furan rings is 1. The van der Waals surface area contributed by atoms with E-state index in [-0.39, 0.29) is 18.0 Å². The number of carbonyl (C=O) groups is 2. The standard InChI is InChI=1S/C26H22INO5/c27-20-13-17(9-12-21(20)29)26(31)25-19-11-10-18(32-15-16-5-2-1-3-6-16)14-23(19)33-22(25)7-4-8-24(28)30/h1-3,5-6,9-14,29H,4,7-8,15H2,(H2,28,30). The Morgan fingerprint density at radius 3 is 2.55 bits per heavy atom. The Bertz CT molecular complexity index is 1310. The molecule has 0 aliphatic rings. The van der Waals surface area contributed by atoms with Gasteiger partial charge in [0.05, 0.1) is 9.13 Å². The molecule has 0 aliphatic heterocycles. The van der Waals surface area contributed by atoms with Gasteiger partial charge in [-0.3, -0.25) is 9.59 Å². The van der Waals surface area contributed by atoms with Crippen LogP contribution in [-0.4, -0.2) is 16.8 Å². The molecule has 1 amide bonds. The quantitative estimate of drug-likeness (QED) is 0.214. The largest absolute Gasteiger partial charge is 0.507 e. The molecule has 7 heteroatoms. The minimum absolute atomic E-state index is 0.117. The predicted molar refractivity (Wildman–Crippen MR) is 133 cm³/mol. The highest BCUT2D eigenvalue weighted by atomic mass is 127. The smallest absolute Gasteiger partial charge is 0.217 e. The van der Waals surface area contributed by atoms with Gasteiger partial charge in [0.15, 0.2) is 5.78 Å². The number of aromatic hydroxyl groups is 1. The third-order valence-corrected chi connectivity index (χ3v) is 6.11. The summed E-state index contributed by atoms with van der Waals surface area (Å²) in [6, 6.07) is 19.9. The molecular weight excluding hydrogens is 533 g/mol. The van der Waals surface area contributed by atoms with Crippen molar-refractivity contribution >= 4 is 45.3 Å². The summed E-state index contributed by atoms with van der Waals surface area (Å²) in [5.74, 6) is 0.634. The Hall–Kier alpha value is -3.33. The molecule has 0 fully saturated rings. The maximum absolute atomic E-state index is 13.4. The number of fused-ring (bicyclic) bond motifs is 1. The molecule has 0 atom stereocenters. The van der Waals surface area contributed by atoms with Gasteiger partial charge in [0.1, 0.15) is 29.4 Å². The highest BCUT2D eigenvalue weighted by Crippen LogP contribution is 2.33. The molecule has 4 rings (SSSR count). The summed E-state index contributed by atoms with van der Waals surface area (Å²) >= 11 is 1.98. The zero-order valence-corrected chi connectivity index (χ0v) is 19.9. The van der Waals surface area contributed by atoms with Crippen molar-refractivity contribution in [3.63, 3.8) is 0 Å². The number of halogens is 1. The summed E-state index contributed by atoms with van der Waals surface area (Å²) in [5.41, 5.74) is 7.75. The fraction of sp³-hybridized carbons (Fsp3) is 0.154. The van der Waals surface area contributed by atoms with Crippen LogP contribution >= 0.6 is 22.6 Å². The van der Waals surface area contributed by atoms with Gasteiger partial charge in [-0.2, -0.15) is 0 Å². The van der Waals surface area contributed by atoms with Crippen LogP contribution in [0.2, 0.25) is 0 Å². The second-order valence-electron chi connectivity index (χ2n) is 7.65. The van der Waals surface area contributed by atoms with Gasteiger partial charge < -0.3 is 20.0 Å². The normalized spacial score (nSPS) is 10.9. The second kappa shape index (κ2) is 10.1. The number of rotatable bonds is 9. The first-order valence-corrected chi connectivity index (χ1v) is 11.5. The molecule has 1 heterocycles. The van der Waals surface area contributed by atoms with Crippen LogP contribution in [0.4, 0.5) is 0 Å². The van der Waals surface area contributed by atoms with E-state index in [1.54, 1.807) is 18.2 Å². The van der Waals surface area contributed by atoms with E-state index in [0.29, 0.717) is 56.6 Å². The van der Waals surface area contributed by atoms with Gasteiger partial charge in [-0.05, 0) is 64.9 Å². The lowest BCUT2D eigenvalue weighted by Gasteiger charge is -2.06. The van der Waals surface area contributed by atoms with Crippen molar-refractivity contribution in [2.75, 3.05) is 0 Å². The first-order valence-electron chi connectivity index (χ1n) is 10.5. The topological polar surface area (TPSA) is 103 Å². The van der Waals surface area contributed by atoms with Crippen molar-refractivity contribution in [1.29, 1.82) is 0 Å². The van der Waals surface area contributed by atoms with Crippen LogP contribution in [0.3, 0.4) is 0 Å². The predicted octanol–water partition coefficient (Wildman–Crippen LogP) is 5.36. The Labute approximate surface area is 204 Å². The molecule has 0 aliphatic carbocycles. The molecule has 0 spiro atoms. The number of hydrogen-bond donors (Lipinski definition) is 2. The van der Waals surface area contributed by atoms with E-state index in [1.165, 1.54) is 6.07 Å². The van der Waals surface area contributed by atoms with Gasteiger partial charge in [0, 0.05) is 29.9 Å². The molecule has 3 aromatic carbocycles. The number of amides is 1. The molecule has 3 N–H and O–H groups in total. The third kappa shape index (κ3) is 5.36. The monoisotopic (exact) mass is 555 g/mol. The number of carbonyl (C=O) groups excluding carboxylic acids is 2.